The third-order valence-corrected chi connectivity index (χ3v) is 1.82. The maximum atomic E-state index is 3.94. The molecule has 0 saturated carbocycles. The Morgan fingerprint density at radius 3 is 3.18 bits per heavy atom. The predicted molar refractivity (Wildman–Crippen MR) is 43.5 cm³/mol. The Balaban J connectivity index is 2.00. The minimum absolute atomic E-state index is 1.16. The van der Waals surface area contributed by atoms with E-state index in [0.29, 0.717) is 0 Å². The molecule has 3 nitrogen and oxygen atoms in total. The molecule has 1 aromatic heterocycles. The number of hydrogen-bond donors (Lipinski definition) is 1. The van der Waals surface area contributed by atoms with Gasteiger partial charge in [0, 0.05) is 18.1 Å². The number of aromatic nitrogens is 2. The summed E-state index contributed by atoms with van der Waals surface area (Å²) < 4.78 is 1.87. The minimum atomic E-state index is 1.16. The van der Waals surface area contributed by atoms with Crippen LogP contribution in [0.2, 0.25) is 0 Å². The summed E-state index contributed by atoms with van der Waals surface area (Å²) >= 11 is 0. The van der Waals surface area contributed by atoms with Gasteiger partial charge in [0.25, 0.3) is 0 Å². The molecule has 1 aliphatic carbocycles. The molecule has 0 fully saturated rings. The van der Waals surface area contributed by atoms with E-state index < -0.39 is 0 Å². The van der Waals surface area contributed by atoms with Crippen LogP contribution in [0.5, 0.6) is 0 Å². The largest absolute Gasteiger partial charge is 0.298 e. The van der Waals surface area contributed by atoms with Gasteiger partial charge in [-0.05, 0) is 19.3 Å². The maximum Gasteiger partial charge on any atom is 0.114 e. The number of imidazole rings is 1. The predicted octanol–water partition coefficient (Wildman–Crippen LogP) is 1.49. The SMILES string of the molecule is C1=C(Nn2ccnc2)CCC1. The van der Waals surface area contributed by atoms with Crippen molar-refractivity contribution >= 4 is 0 Å². The zero-order valence-corrected chi connectivity index (χ0v) is 6.33. The van der Waals surface area contributed by atoms with Gasteiger partial charge in [-0.25, -0.2) is 4.98 Å². The smallest absolute Gasteiger partial charge is 0.114 e. The minimum Gasteiger partial charge on any atom is -0.298 e. The van der Waals surface area contributed by atoms with Crippen LogP contribution < -0.4 is 5.43 Å². The molecule has 0 spiro atoms. The van der Waals surface area contributed by atoms with Gasteiger partial charge in [0.1, 0.15) is 6.33 Å². The lowest BCUT2D eigenvalue weighted by Gasteiger charge is -2.05. The molecule has 1 aliphatic rings. The summed E-state index contributed by atoms with van der Waals surface area (Å²) in [6.07, 6.45) is 11.3. The lowest BCUT2D eigenvalue weighted by atomic mass is 10.3. The van der Waals surface area contributed by atoms with E-state index in [9.17, 15) is 0 Å². The van der Waals surface area contributed by atoms with Crippen LogP contribution in [0, 0.1) is 0 Å². The van der Waals surface area contributed by atoms with Gasteiger partial charge in [-0.3, -0.25) is 10.1 Å². The summed E-state index contributed by atoms with van der Waals surface area (Å²) in [6.45, 7) is 0. The van der Waals surface area contributed by atoms with Crippen molar-refractivity contribution in [2.24, 2.45) is 0 Å². The lowest BCUT2D eigenvalue weighted by Crippen LogP contribution is -2.10. The molecule has 1 N–H and O–H groups in total. The topological polar surface area (TPSA) is 29.9 Å². The van der Waals surface area contributed by atoms with Crippen molar-refractivity contribution in [2.75, 3.05) is 5.43 Å². The fourth-order valence-electron chi connectivity index (χ4n) is 1.26. The average molecular weight is 149 g/mol. The molecule has 0 radical (unpaired) electrons. The van der Waals surface area contributed by atoms with Crippen molar-refractivity contribution in [3.63, 3.8) is 0 Å². The van der Waals surface area contributed by atoms with E-state index in [1.165, 1.54) is 18.5 Å². The molecule has 0 unspecified atom stereocenters. The molecule has 11 heavy (non-hydrogen) atoms. The van der Waals surface area contributed by atoms with Crippen LogP contribution in [0.25, 0.3) is 0 Å². The second kappa shape index (κ2) is 2.78. The van der Waals surface area contributed by atoms with Crippen LogP contribution in [-0.2, 0) is 0 Å². The Hall–Kier alpha value is -1.25. The summed E-state index contributed by atoms with van der Waals surface area (Å²) in [7, 11) is 0. The van der Waals surface area contributed by atoms with Crippen molar-refractivity contribution in [1.82, 2.24) is 9.66 Å². The van der Waals surface area contributed by atoms with Crippen LogP contribution >= 0.6 is 0 Å². The molecule has 2 rings (SSSR count). The van der Waals surface area contributed by atoms with Crippen LogP contribution in [0.1, 0.15) is 19.3 Å². The number of hydrogen-bond acceptors (Lipinski definition) is 2. The summed E-state index contributed by atoms with van der Waals surface area (Å²) in [4.78, 5) is 3.94. The molecule has 0 bridgehead atoms. The maximum absolute atomic E-state index is 3.94. The first kappa shape index (κ1) is 6.46. The second-order valence-corrected chi connectivity index (χ2v) is 2.70. The Bertz CT molecular complexity index is 248. The van der Waals surface area contributed by atoms with Gasteiger partial charge >= 0.3 is 0 Å². The summed E-state index contributed by atoms with van der Waals surface area (Å²) in [5.41, 5.74) is 4.54. The monoisotopic (exact) mass is 149 g/mol. The normalized spacial score (nSPS) is 16.5. The van der Waals surface area contributed by atoms with E-state index in [2.05, 4.69) is 16.5 Å². The molecule has 58 valence electrons. The van der Waals surface area contributed by atoms with Gasteiger partial charge in [0.2, 0.25) is 0 Å². The van der Waals surface area contributed by atoms with Crippen LogP contribution in [0.15, 0.2) is 30.5 Å². The van der Waals surface area contributed by atoms with E-state index in [4.69, 9.17) is 0 Å². The molecular weight excluding hydrogens is 138 g/mol. The van der Waals surface area contributed by atoms with Gasteiger partial charge in [0.05, 0.1) is 0 Å². The van der Waals surface area contributed by atoms with Crippen LogP contribution in [0.4, 0.5) is 0 Å². The first-order chi connectivity index (χ1) is 5.45. The molecule has 0 amide bonds. The molecular formula is C8H11N3. The molecule has 0 aromatic carbocycles. The Kier molecular flexibility index (Phi) is 1.63. The van der Waals surface area contributed by atoms with Gasteiger partial charge in [0.15, 0.2) is 0 Å². The number of rotatable bonds is 2. The van der Waals surface area contributed by atoms with Crippen molar-refractivity contribution in [3.8, 4) is 0 Å². The fraction of sp³-hybridized carbons (Fsp3) is 0.375. The van der Waals surface area contributed by atoms with Crippen molar-refractivity contribution in [2.45, 2.75) is 19.3 Å². The van der Waals surface area contributed by atoms with E-state index in [0.717, 1.165) is 6.42 Å². The second-order valence-electron chi connectivity index (χ2n) is 2.70. The first-order valence-corrected chi connectivity index (χ1v) is 3.89. The highest BCUT2D eigenvalue weighted by Crippen LogP contribution is 2.15. The van der Waals surface area contributed by atoms with Gasteiger partial charge in [-0.15, -0.1) is 0 Å². The molecule has 1 heterocycles. The van der Waals surface area contributed by atoms with Crippen LogP contribution in [-0.4, -0.2) is 9.66 Å². The highest BCUT2D eigenvalue weighted by Gasteiger charge is 2.02. The van der Waals surface area contributed by atoms with Gasteiger partial charge in [-0.2, -0.15) is 0 Å². The third-order valence-electron chi connectivity index (χ3n) is 1.82. The summed E-state index contributed by atoms with van der Waals surface area (Å²) in [6, 6.07) is 0. The first-order valence-electron chi connectivity index (χ1n) is 3.89. The molecule has 1 aromatic rings. The van der Waals surface area contributed by atoms with Crippen molar-refractivity contribution in [3.05, 3.63) is 30.5 Å². The van der Waals surface area contributed by atoms with E-state index >= 15 is 0 Å². The van der Waals surface area contributed by atoms with Crippen molar-refractivity contribution in [1.29, 1.82) is 0 Å². The van der Waals surface area contributed by atoms with Gasteiger partial charge in [-0.1, -0.05) is 6.08 Å². The van der Waals surface area contributed by atoms with E-state index in [1.807, 2.05) is 10.9 Å². The van der Waals surface area contributed by atoms with E-state index in [1.54, 1.807) is 12.5 Å². The molecule has 0 saturated heterocycles. The third kappa shape index (κ3) is 1.42. The molecule has 0 atom stereocenters. The van der Waals surface area contributed by atoms with Crippen LogP contribution in [0.3, 0.4) is 0 Å². The zero-order valence-electron chi connectivity index (χ0n) is 6.33. The van der Waals surface area contributed by atoms with E-state index in [-0.39, 0.29) is 0 Å². The fourth-order valence-corrected chi connectivity index (χ4v) is 1.26. The molecule has 3 heteroatoms. The lowest BCUT2D eigenvalue weighted by molar-refractivity contribution is 0.851. The Morgan fingerprint density at radius 2 is 2.55 bits per heavy atom. The highest BCUT2D eigenvalue weighted by molar-refractivity contribution is 5.13. The average Bonchev–Trinajstić information content (AvgIpc) is 2.60. The summed E-state index contributed by atoms with van der Waals surface area (Å²) in [5.74, 6) is 0. The van der Waals surface area contributed by atoms with Gasteiger partial charge < -0.3 is 0 Å². The number of nitrogens with zero attached hydrogens (tertiary/aromatic N) is 2. The Morgan fingerprint density at radius 1 is 1.55 bits per heavy atom. The highest BCUT2D eigenvalue weighted by atomic mass is 15.4. The van der Waals surface area contributed by atoms with Crippen molar-refractivity contribution < 1.29 is 0 Å². The number of allylic oxidation sites excluding steroid dienone is 2. The Labute approximate surface area is 65.7 Å². The quantitative estimate of drug-likeness (QED) is 0.690. The summed E-state index contributed by atoms with van der Waals surface area (Å²) in [5, 5.41) is 0. The standard InChI is InChI=1S/C8H11N3/c1-2-4-8(3-1)10-11-6-5-9-7-11/h3,5-7,10H,1-2,4H2. The zero-order chi connectivity index (χ0) is 7.52. The molecule has 0 aliphatic heterocycles. The number of nitrogens with one attached hydrogen (secondary N) is 1.